The van der Waals surface area contributed by atoms with Crippen molar-refractivity contribution in [1.82, 2.24) is 10.3 Å². The van der Waals surface area contributed by atoms with E-state index in [4.69, 9.17) is 27.9 Å². The predicted octanol–water partition coefficient (Wildman–Crippen LogP) is 9.43. The first-order valence-corrected chi connectivity index (χ1v) is 17.8. The molecule has 0 aliphatic carbocycles. The lowest BCUT2D eigenvalue weighted by molar-refractivity contribution is -0.116. The van der Waals surface area contributed by atoms with Gasteiger partial charge in [-0.1, -0.05) is 66.5 Å². The van der Waals surface area contributed by atoms with Gasteiger partial charge < -0.3 is 20.7 Å². The first-order valence-electron chi connectivity index (χ1n) is 15.3. The van der Waals surface area contributed by atoms with Crippen molar-refractivity contribution in [2.75, 3.05) is 17.2 Å². The van der Waals surface area contributed by atoms with Gasteiger partial charge in [0.25, 0.3) is 11.8 Å². The molecule has 8 nitrogen and oxygen atoms in total. The van der Waals surface area contributed by atoms with Crippen molar-refractivity contribution in [2.24, 2.45) is 0 Å². The van der Waals surface area contributed by atoms with Gasteiger partial charge in [0.05, 0.1) is 22.6 Å². The van der Waals surface area contributed by atoms with E-state index >= 15 is 0 Å². The molecule has 1 unspecified atom stereocenters. The fraction of sp³-hybridized carbons (Fsp3) is 0.135. The van der Waals surface area contributed by atoms with Crippen LogP contribution in [0.1, 0.15) is 36.2 Å². The highest BCUT2D eigenvalue weighted by Crippen LogP contribution is 2.33. The number of anilines is 2. The summed E-state index contributed by atoms with van der Waals surface area (Å²) in [5.41, 5.74) is 3.04. The molecule has 1 atom stereocenters. The minimum absolute atomic E-state index is 0.0598. The summed E-state index contributed by atoms with van der Waals surface area (Å²) in [6, 6.07) is 28.2. The number of hydrogen-bond acceptors (Lipinski definition) is 7. The molecule has 12 heteroatoms. The Bertz CT molecular complexity index is 1970. The molecule has 0 aliphatic heterocycles. The number of thiazole rings is 1. The van der Waals surface area contributed by atoms with Crippen molar-refractivity contribution in [2.45, 2.75) is 30.4 Å². The molecule has 0 radical (unpaired) electrons. The number of nitrogens with zero attached hydrogens (tertiary/aromatic N) is 1. The van der Waals surface area contributed by atoms with E-state index in [1.807, 2.05) is 31.4 Å². The maximum atomic E-state index is 13.6. The molecule has 4 aromatic carbocycles. The molecule has 0 spiro atoms. The van der Waals surface area contributed by atoms with Gasteiger partial charge in [0.2, 0.25) is 5.91 Å². The fourth-order valence-corrected chi connectivity index (χ4v) is 6.84. The van der Waals surface area contributed by atoms with E-state index < -0.39 is 17.1 Å². The molecule has 3 amide bonds. The zero-order chi connectivity index (χ0) is 34.8. The Morgan fingerprint density at radius 3 is 2.41 bits per heavy atom. The molecule has 49 heavy (non-hydrogen) atoms. The van der Waals surface area contributed by atoms with Crippen LogP contribution >= 0.6 is 46.3 Å². The van der Waals surface area contributed by atoms with E-state index in [0.717, 1.165) is 10.5 Å². The number of aromatic nitrogens is 1. The monoisotopic (exact) mass is 730 g/mol. The summed E-state index contributed by atoms with van der Waals surface area (Å²) in [6.45, 7) is 4.36. The minimum Gasteiger partial charge on any atom is -0.494 e. The van der Waals surface area contributed by atoms with Gasteiger partial charge in [-0.05, 0) is 85.6 Å². The number of carbonyl (C=O) groups is 3. The van der Waals surface area contributed by atoms with Gasteiger partial charge >= 0.3 is 0 Å². The SMILES string of the molecule is CCOc1ccc(/C=C(/NC(=O)c2ccccc2)C(=O)Nc2cccc(SC(CC)C(=O)Nc3nc(-c4ccc(Cl)cc4Cl)cs3)c2)cc1. The van der Waals surface area contributed by atoms with E-state index in [1.165, 1.54) is 23.1 Å². The second-order valence-corrected chi connectivity index (χ2v) is 13.5. The number of thioether (sulfide) groups is 1. The number of benzene rings is 4. The van der Waals surface area contributed by atoms with Crippen molar-refractivity contribution in [1.29, 1.82) is 0 Å². The van der Waals surface area contributed by atoms with Gasteiger partial charge in [-0.2, -0.15) is 0 Å². The number of carbonyl (C=O) groups excluding carboxylic acids is 3. The molecule has 250 valence electrons. The van der Waals surface area contributed by atoms with E-state index in [2.05, 4.69) is 20.9 Å². The van der Waals surface area contributed by atoms with E-state index in [-0.39, 0.29) is 11.6 Å². The van der Waals surface area contributed by atoms with Crippen molar-refractivity contribution >= 4 is 80.9 Å². The maximum Gasteiger partial charge on any atom is 0.272 e. The predicted molar refractivity (Wildman–Crippen MR) is 201 cm³/mol. The molecule has 0 aliphatic rings. The molecule has 3 N–H and O–H groups in total. The van der Waals surface area contributed by atoms with Crippen LogP contribution in [0.25, 0.3) is 17.3 Å². The molecule has 0 saturated heterocycles. The molecule has 0 fully saturated rings. The number of ether oxygens (including phenoxy) is 1. The van der Waals surface area contributed by atoms with Crippen LogP contribution in [0.4, 0.5) is 10.8 Å². The molecule has 0 bridgehead atoms. The van der Waals surface area contributed by atoms with Crippen molar-refractivity contribution in [3.05, 3.63) is 129 Å². The van der Waals surface area contributed by atoms with Gasteiger partial charge in [-0.25, -0.2) is 4.98 Å². The summed E-state index contributed by atoms with van der Waals surface area (Å²) < 4.78 is 5.52. The summed E-state index contributed by atoms with van der Waals surface area (Å²) in [7, 11) is 0. The summed E-state index contributed by atoms with van der Waals surface area (Å²) in [5.74, 6) is -0.427. The molecule has 5 rings (SSSR count). The fourth-order valence-electron chi connectivity index (χ4n) is 4.61. The zero-order valence-corrected chi connectivity index (χ0v) is 29.7. The number of halogens is 2. The van der Waals surface area contributed by atoms with Crippen molar-refractivity contribution in [3.8, 4) is 17.0 Å². The third kappa shape index (κ3) is 9.96. The van der Waals surface area contributed by atoms with Crippen molar-refractivity contribution in [3.63, 3.8) is 0 Å². The van der Waals surface area contributed by atoms with Gasteiger partial charge in [0.1, 0.15) is 11.4 Å². The van der Waals surface area contributed by atoms with Crippen LogP contribution in [-0.4, -0.2) is 34.6 Å². The largest absolute Gasteiger partial charge is 0.494 e. The van der Waals surface area contributed by atoms with Gasteiger partial charge in [0.15, 0.2) is 5.13 Å². The quantitative estimate of drug-likeness (QED) is 0.0823. The van der Waals surface area contributed by atoms with Crippen LogP contribution in [-0.2, 0) is 9.59 Å². The van der Waals surface area contributed by atoms with Gasteiger partial charge in [-0.15, -0.1) is 23.1 Å². The summed E-state index contributed by atoms with van der Waals surface area (Å²) in [4.78, 5) is 45.2. The van der Waals surface area contributed by atoms with Crippen molar-refractivity contribution < 1.29 is 19.1 Å². The number of hydrogen-bond donors (Lipinski definition) is 3. The first kappa shape index (κ1) is 35.7. The van der Waals surface area contributed by atoms with Gasteiger partial charge in [-0.3, -0.25) is 14.4 Å². The Morgan fingerprint density at radius 1 is 0.918 bits per heavy atom. The standard InChI is InChI=1S/C37H32Cl2N4O4S2/c1-3-33(36(46)43-37-42-32(22-48-37)29-18-15-25(38)20-30(29)39)49-28-12-8-11-26(21-28)40-35(45)31(41-34(44)24-9-6-5-7-10-24)19-23-13-16-27(17-14-23)47-4-2/h5-22,33H,3-4H2,1-2H3,(H,40,45)(H,41,44)(H,42,43,46)/b31-19+. The second kappa shape index (κ2) is 17.2. The van der Waals surface area contributed by atoms with Gasteiger partial charge in [0, 0.05) is 32.1 Å². The normalized spacial score (nSPS) is 11.8. The van der Waals surface area contributed by atoms with Crippen LogP contribution in [0, 0.1) is 0 Å². The maximum absolute atomic E-state index is 13.6. The smallest absolute Gasteiger partial charge is 0.272 e. The highest BCUT2D eigenvalue weighted by Gasteiger charge is 2.21. The van der Waals surface area contributed by atoms with E-state index in [1.54, 1.807) is 91.0 Å². The van der Waals surface area contributed by atoms with Crippen LogP contribution < -0.4 is 20.7 Å². The molecular weight excluding hydrogens is 699 g/mol. The highest BCUT2D eigenvalue weighted by atomic mass is 35.5. The average molecular weight is 732 g/mol. The molecule has 0 saturated carbocycles. The summed E-state index contributed by atoms with van der Waals surface area (Å²) in [5, 5.41) is 11.4. The zero-order valence-electron chi connectivity index (χ0n) is 26.5. The topological polar surface area (TPSA) is 109 Å². The second-order valence-electron chi connectivity index (χ2n) is 10.5. The lowest BCUT2D eigenvalue weighted by atomic mass is 10.1. The Balaban J connectivity index is 1.28. The lowest BCUT2D eigenvalue weighted by Crippen LogP contribution is -2.30. The van der Waals surface area contributed by atoms with E-state index in [0.29, 0.717) is 56.5 Å². The Kier molecular flexibility index (Phi) is 12.5. The van der Waals surface area contributed by atoms with E-state index in [9.17, 15) is 14.4 Å². The Hall–Kier alpha value is -4.61. The van der Waals surface area contributed by atoms with Crippen LogP contribution in [0.15, 0.2) is 113 Å². The summed E-state index contributed by atoms with van der Waals surface area (Å²) in [6.07, 6.45) is 2.15. The number of rotatable bonds is 13. The molecule has 1 aromatic heterocycles. The summed E-state index contributed by atoms with van der Waals surface area (Å²) >= 11 is 15.0. The average Bonchev–Trinajstić information content (AvgIpc) is 3.56. The van der Waals surface area contributed by atoms with Crippen LogP contribution in [0.3, 0.4) is 0 Å². The Labute approximate surface area is 302 Å². The van der Waals surface area contributed by atoms with Crippen LogP contribution in [0.5, 0.6) is 5.75 Å². The molecule has 1 heterocycles. The molecular formula is C37H32Cl2N4O4S2. The third-order valence-corrected chi connectivity index (χ3v) is 9.67. The molecule has 5 aromatic rings. The lowest BCUT2D eigenvalue weighted by Gasteiger charge is -2.15. The number of amides is 3. The Morgan fingerprint density at radius 2 is 1.69 bits per heavy atom. The highest BCUT2D eigenvalue weighted by molar-refractivity contribution is 8.00. The third-order valence-electron chi connectivity index (χ3n) is 7.01. The first-order chi connectivity index (χ1) is 23.7. The number of nitrogens with one attached hydrogen (secondary N) is 3. The van der Waals surface area contributed by atoms with Crippen LogP contribution in [0.2, 0.25) is 10.0 Å². The minimum atomic E-state index is -0.509.